The molecule has 2 aromatic rings. The molecule has 0 aliphatic carbocycles. The van der Waals surface area contributed by atoms with Crippen LogP contribution in [0.5, 0.6) is 5.88 Å². The van der Waals surface area contributed by atoms with Crippen molar-refractivity contribution in [3.8, 4) is 5.88 Å². The van der Waals surface area contributed by atoms with E-state index in [1.165, 1.54) is 10.9 Å². The topological polar surface area (TPSA) is 195 Å². The first-order chi connectivity index (χ1) is 12.7. The third-order valence-corrected chi connectivity index (χ3v) is 4.35. The molecule has 1 fully saturated rings. The Hall–Kier alpha value is -1.86. The van der Waals surface area contributed by atoms with Crippen molar-refractivity contribution in [3.05, 3.63) is 6.33 Å². The predicted molar refractivity (Wildman–Crippen MR) is 89.4 cm³/mol. The Morgan fingerprint density at radius 2 is 2.07 bits per heavy atom. The standard InChI is InChI=1S/C13H20N5O8P/c1-2-3-24-11-7-10(16-13(14)17-11)18(5-15-7)12-9(20)8(19)6(26-12)4-25-27(21,22)23/h5-6,8-9,12,19-20H,2-4H2,1H3,(H2,14,16,17)(H2,21,22,23)/t6-,8-,9-,12-/m1/s1. The maximum Gasteiger partial charge on any atom is 0.469 e. The molecule has 0 bridgehead atoms. The zero-order valence-electron chi connectivity index (χ0n) is 14.2. The molecule has 1 aliphatic heterocycles. The molecular formula is C13H20N5O8P. The molecule has 14 heteroatoms. The Bertz CT molecular complexity index is 857. The summed E-state index contributed by atoms with van der Waals surface area (Å²) >= 11 is 0. The summed E-state index contributed by atoms with van der Waals surface area (Å²) in [5.74, 6) is 0.0947. The summed E-state index contributed by atoms with van der Waals surface area (Å²) in [4.78, 5) is 29.8. The number of nitrogen functional groups attached to an aromatic ring is 1. The zero-order chi connectivity index (χ0) is 19.8. The van der Waals surface area contributed by atoms with E-state index in [-0.39, 0.29) is 23.0 Å². The van der Waals surface area contributed by atoms with E-state index in [1.54, 1.807) is 0 Å². The normalized spacial score (nSPS) is 26.0. The lowest BCUT2D eigenvalue weighted by atomic mass is 10.1. The summed E-state index contributed by atoms with van der Waals surface area (Å²) in [6, 6.07) is 0. The molecule has 3 rings (SSSR count). The molecule has 0 radical (unpaired) electrons. The number of ether oxygens (including phenoxy) is 2. The van der Waals surface area contributed by atoms with E-state index in [1.807, 2.05) is 6.92 Å². The lowest BCUT2D eigenvalue weighted by Crippen LogP contribution is -2.33. The number of aliphatic hydroxyl groups excluding tert-OH is 2. The first kappa shape index (κ1) is 19.9. The highest BCUT2D eigenvalue weighted by Gasteiger charge is 2.45. The first-order valence-corrected chi connectivity index (χ1v) is 9.58. The molecule has 1 aliphatic rings. The van der Waals surface area contributed by atoms with Crippen molar-refractivity contribution < 1.29 is 38.6 Å². The van der Waals surface area contributed by atoms with Gasteiger partial charge in [0.25, 0.3) is 0 Å². The molecule has 6 N–H and O–H groups in total. The second-order valence-corrected chi connectivity index (χ2v) is 7.13. The van der Waals surface area contributed by atoms with Crippen LogP contribution in [0.2, 0.25) is 0 Å². The Labute approximate surface area is 153 Å². The van der Waals surface area contributed by atoms with Gasteiger partial charge in [-0.1, -0.05) is 6.92 Å². The Morgan fingerprint density at radius 1 is 1.33 bits per heavy atom. The van der Waals surface area contributed by atoms with Gasteiger partial charge in [-0.25, -0.2) is 9.55 Å². The number of phosphoric ester groups is 1. The van der Waals surface area contributed by atoms with E-state index in [0.717, 1.165) is 6.42 Å². The van der Waals surface area contributed by atoms with Crippen molar-refractivity contribution in [1.82, 2.24) is 19.5 Å². The lowest BCUT2D eigenvalue weighted by molar-refractivity contribution is -0.0503. The van der Waals surface area contributed by atoms with E-state index in [4.69, 9.17) is 25.0 Å². The van der Waals surface area contributed by atoms with Crippen LogP contribution in [0.4, 0.5) is 5.95 Å². The predicted octanol–water partition coefficient (Wildman–Crippen LogP) is -1.07. The molecule has 0 aromatic carbocycles. The molecule has 0 saturated carbocycles. The number of imidazole rings is 1. The van der Waals surface area contributed by atoms with Crippen molar-refractivity contribution in [2.45, 2.75) is 37.9 Å². The van der Waals surface area contributed by atoms with E-state index in [0.29, 0.717) is 6.61 Å². The van der Waals surface area contributed by atoms with Crippen molar-refractivity contribution >= 4 is 24.9 Å². The van der Waals surface area contributed by atoms with Crippen LogP contribution in [0.3, 0.4) is 0 Å². The maximum atomic E-state index is 10.8. The number of nitrogens with two attached hydrogens (primary N) is 1. The van der Waals surface area contributed by atoms with Crippen LogP contribution < -0.4 is 10.5 Å². The van der Waals surface area contributed by atoms with Gasteiger partial charge in [0.1, 0.15) is 18.3 Å². The van der Waals surface area contributed by atoms with Crippen LogP contribution in [-0.4, -0.2) is 71.0 Å². The maximum absolute atomic E-state index is 10.8. The van der Waals surface area contributed by atoms with Crippen molar-refractivity contribution in [2.24, 2.45) is 0 Å². The van der Waals surface area contributed by atoms with Crippen LogP contribution in [0.15, 0.2) is 6.33 Å². The van der Waals surface area contributed by atoms with E-state index in [9.17, 15) is 14.8 Å². The molecule has 1 saturated heterocycles. The molecule has 27 heavy (non-hydrogen) atoms. The molecule has 4 atom stereocenters. The monoisotopic (exact) mass is 405 g/mol. The summed E-state index contributed by atoms with van der Waals surface area (Å²) in [6.45, 7) is 1.69. The van der Waals surface area contributed by atoms with Gasteiger partial charge >= 0.3 is 7.82 Å². The minimum absolute atomic E-state index is 0.0789. The van der Waals surface area contributed by atoms with Gasteiger partial charge < -0.3 is 35.2 Å². The largest absolute Gasteiger partial charge is 0.476 e. The van der Waals surface area contributed by atoms with Crippen LogP contribution in [-0.2, 0) is 13.8 Å². The second kappa shape index (κ2) is 7.64. The molecular weight excluding hydrogens is 385 g/mol. The van der Waals surface area contributed by atoms with Crippen molar-refractivity contribution in [2.75, 3.05) is 18.9 Å². The highest BCUT2D eigenvalue weighted by atomic mass is 31.2. The van der Waals surface area contributed by atoms with Gasteiger partial charge in [0.15, 0.2) is 17.4 Å². The summed E-state index contributed by atoms with van der Waals surface area (Å²) in [7, 11) is -4.75. The Balaban J connectivity index is 1.88. The average Bonchev–Trinajstić information content (AvgIpc) is 3.12. The van der Waals surface area contributed by atoms with Gasteiger partial charge in [-0.05, 0) is 6.42 Å². The van der Waals surface area contributed by atoms with Gasteiger partial charge in [-0.15, -0.1) is 0 Å². The fraction of sp³-hybridized carbons (Fsp3) is 0.615. The highest BCUT2D eigenvalue weighted by Crippen LogP contribution is 2.39. The van der Waals surface area contributed by atoms with Crippen LogP contribution in [0.25, 0.3) is 11.2 Å². The summed E-state index contributed by atoms with van der Waals surface area (Å²) < 4.78 is 27.5. The van der Waals surface area contributed by atoms with E-state index in [2.05, 4.69) is 19.5 Å². The summed E-state index contributed by atoms with van der Waals surface area (Å²) in [5.41, 5.74) is 6.20. The van der Waals surface area contributed by atoms with E-state index < -0.39 is 39.0 Å². The summed E-state index contributed by atoms with van der Waals surface area (Å²) in [6.07, 6.45) is -3.14. The fourth-order valence-corrected chi connectivity index (χ4v) is 3.00. The number of aliphatic hydroxyl groups is 2. The SMILES string of the molecule is CCCOc1nc(N)nc2c1ncn2[C@@H]1O[C@H](COP(=O)(O)O)[C@@H](O)[C@H]1O. The number of hydrogen-bond donors (Lipinski definition) is 5. The van der Waals surface area contributed by atoms with Gasteiger partial charge in [0.2, 0.25) is 11.8 Å². The first-order valence-electron chi connectivity index (χ1n) is 8.05. The van der Waals surface area contributed by atoms with Gasteiger partial charge in [0.05, 0.1) is 19.5 Å². The number of hydrogen-bond acceptors (Lipinski definition) is 10. The van der Waals surface area contributed by atoms with Crippen LogP contribution in [0, 0.1) is 0 Å². The van der Waals surface area contributed by atoms with Crippen molar-refractivity contribution in [1.29, 1.82) is 0 Å². The third-order valence-electron chi connectivity index (χ3n) is 3.87. The average molecular weight is 405 g/mol. The second-order valence-electron chi connectivity index (χ2n) is 5.89. The molecule has 3 heterocycles. The van der Waals surface area contributed by atoms with Crippen LogP contribution in [0.1, 0.15) is 19.6 Å². The molecule has 2 aromatic heterocycles. The van der Waals surface area contributed by atoms with Crippen molar-refractivity contribution in [3.63, 3.8) is 0 Å². The zero-order valence-corrected chi connectivity index (χ0v) is 15.1. The smallest absolute Gasteiger partial charge is 0.469 e. The molecule has 0 amide bonds. The molecule has 0 spiro atoms. The van der Waals surface area contributed by atoms with Gasteiger partial charge in [0, 0.05) is 0 Å². The Morgan fingerprint density at radius 3 is 2.74 bits per heavy atom. The van der Waals surface area contributed by atoms with Gasteiger partial charge in [-0.3, -0.25) is 9.09 Å². The number of fused-ring (bicyclic) bond motifs is 1. The number of rotatable bonds is 7. The number of anilines is 1. The molecule has 0 unspecified atom stereocenters. The highest BCUT2D eigenvalue weighted by molar-refractivity contribution is 7.46. The molecule has 13 nitrogen and oxygen atoms in total. The van der Waals surface area contributed by atoms with Crippen LogP contribution >= 0.6 is 7.82 Å². The van der Waals surface area contributed by atoms with Gasteiger partial charge in [-0.2, -0.15) is 9.97 Å². The lowest BCUT2D eigenvalue weighted by Gasteiger charge is -2.16. The summed E-state index contributed by atoms with van der Waals surface area (Å²) in [5, 5.41) is 20.4. The quantitative estimate of drug-likeness (QED) is 0.350. The fourth-order valence-electron chi connectivity index (χ4n) is 2.66. The van der Waals surface area contributed by atoms with E-state index >= 15 is 0 Å². The minimum Gasteiger partial charge on any atom is -0.476 e. The minimum atomic E-state index is -4.75. The number of nitrogens with zero attached hydrogens (tertiary/aromatic N) is 4. The molecule has 150 valence electrons. The number of phosphoric acid groups is 1. The third kappa shape index (κ3) is 4.19. The number of aromatic nitrogens is 4. The Kier molecular flexibility index (Phi) is 5.63.